The Morgan fingerprint density at radius 2 is 2.17 bits per heavy atom. The van der Waals surface area contributed by atoms with E-state index in [9.17, 15) is 0 Å². The van der Waals surface area contributed by atoms with Gasteiger partial charge < -0.3 is 5.84 Å². The van der Waals surface area contributed by atoms with Crippen LogP contribution in [0, 0.1) is 0 Å². The average molecular weight is 201 g/mol. The summed E-state index contributed by atoms with van der Waals surface area (Å²) in [5.74, 6) is 6.89. The van der Waals surface area contributed by atoms with Gasteiger partial charge in [-0.2, -0.15) is 0 Å². The van der Waals surface area contributed by atoms with Crippen molar-refractivity contribution in [2.24, 2.45) is 0 Å². The maximum absolute atomic E-state index is 6.89. The summed E-state index contributed by atoms with van der Waals surface area (Å²) in [4.78, 5) is 4.33. The van der Waals surface area contributed by atoms with Gasteiger partial charge in [-0.1, -0.05) is 0 Å². The predicted octanol–water partition coefficient (Wildman–Crippen LogP) is 0.827. The number of hydrogen-bond acceptors (Lipinski definition) is 2. The van der Waals surface area contributed by atoms with Crippen LogP contribution in [0.2, 0.25) is 0 Å². The molecule has 0 aromatic carbocycles. The normalized spacial score (nSPS) is 55.5. The molecule has 0 spiro atoms. The summed E-state index contributed by atoms with van der Waals surface area (Å²) >= 11 is 1.89. The molecule has 0 aromatic rings. The number of halogens is 1. The van der Waals surface area contributed by atoms with Crippen molar-refractivity contribution < 1.29 is 9.80 Å². The first kappa shape index (κ1) is 4.72. The Kier molecular flexibility index (Phi) is 0.819. The van der Waals surface area contributed by atoms with Gasteiger partial charge in [0, 0.05) is 0 Å². The van der Waals surface area contributed by atoms with Crippen LogP contribution in [-0.2, 0) is 4.94 Å². The molecule has 1 aliphatic rings. The zero-order valence-electron chi connectivity index (χ0n) is 3.18. The number of hydrogen-bond donors (Lipinski definition) is 0. The zero-order valence-corrected chi connectivity index (χ0v) is 5.34. The molecule has 1 aliphatic heterocycles. The second kappa shape index (κ2) is 1.04. The Balaban J connectivity index is 2.41. The molecule has 1 fully saturated rings. The van der Waals surface area contributed by atoms with Crippen LogP contribution in [0.1, 0.15) is 0 Å². The first-order valence-corrected chi connectivity index (χ1v) is 2.37. The lowest BCUT2D eigenvalue weighted by atomic mass is 11.4. The van der Waals surface area contributed by atoms with Gasteiger partial charge in [0.1, 0.15) is 33.3 Å². The third-order valence-electron chi connectivity index (χ3n) is 0.502. The number of quaternary nitrogens is 1. The largest absolute Gasteiger partial charge is 0.406 e. The fourth-order valence-electron chi connectivity index (χ4n) is 0.115. The molecule has 0 amide bonds. The first-order chi connectivity index (χ1) is 2.63. The van der Waals surface area contributed by atoms with Crippen molar-refractivity contribution in [1.29, 1.82) is 0 Å². The van der Waals surface area contributed by atoms with Gasteiger partial charge in [-0.3, -0.25) is 0 Å². The highest BCUT2D eigenvalue weighted by Crippen LogP contribution is 2.31. The maximum atomic E-state index is 6.89. The highest BCUT2D eigenvalue weighted by Gasteiger charge is 2.43. The summed E-state index contributed by atoms with van der Waals surface area (Å²) in [5.41, 5.74) is 0. The first-order valence-electron chi connectivity index (χ1n) is 1.40. The van der Waals surface area contributed by atoms with Gasteiger partial charge >= 0.3 is 0 Å². The number of rotatable bonds is 0. The monoisotopic (exact) mass is 201 g/mol. The van der Waals surface area contributed by atoms with Crippen LogP contribution in [0.3, 0.4) is 0 Å². The maximum Gasteiger partial charge on any atom is 0.131 e. The molecule has 1 heterocycles. The molecule has 2 atom stereocenters. The predicted molar refractivity (Wildman–Crippen MR) is 27.5 cm³/mol. The fraction of sp³-hybridized carbons (Fsp3) is 1.00. The molecule has 0 radical (unpaired) electrons. The van der Waals surface area contributed by atoms with E-state index in [1.54, 1.807) is 7.05 Å². The Labute approximate surface area is 49.4 Å². The topological polar surface area (TPSA) is 39.3 Å². The minimum absolute atomic E-state index is 0.194. The molecule has 1 rings (SSSR count). The Bertz CT molecular complexity index is 73.2. The van der Waals surface area contributed by atoms with Crippen molar-refractivity contribution in [2.45, 2.75) is 0 Å². The van der Waals surface area contributed by atoms with Crippen molar-refractivity contribution in [3.05, 3.63) is 5.84 Å². The highest BCUT2D eigenvalue weighted by atomic mass is 127. The van der Waals surface area contributed by atoms with E-state index in [1.807, 2.05) is 22.9 Å². The molecule has 0 bridgehead atoms. The average Bonchev–Trinajstić information content (AvgIpc) is 1.73. The van der Waals surface area contributed by atoms with Crippen molar-refractivity contribution in [3.63, 3.8) is 0 Å². The summed E-state index contributed by atoms with van der Waals surface area (Å²) in [6.07, 6.45) is 0. The lowest BCUT2D eigenvalue weighted by Gasteiger charge is -1.96. The number of nitrogens with one attached hydrogen (secondary N) is 1. The molecular weight excluding hydrogens is 197 g/mol. The van der Waals surface area contributed by atoms with Gasteiger partial charge in [0.05, 0.1) is 0 Å². The van der Waals surface area contributed by atoms with E-state index in [-0.39, 0.29) is 4.86 Å². The second-order valence-corrected chi connectivity index (χ2v) is 2.01. The van der Waals surface area contributed by atoms with Crippen molar-refractivity contribution in [1.82, 2.24) is 3.39 Å². The molecule has 1 saturated heterocycles. The molecule has 36 valence electrons. The van der Waals surface area contributed by atoms with Gasteiger partial charge in [0.25, 0.3) is 0 Å². The molecule has 2 unspecified atom stereocenters. The molecular formula is CH4IN3O. The molecule has 0 aromatic heterocycles. The third kappa shape index (κ3) is 0.636. The van der Waals surface area contributed by atoms with E-state index in [1.165, 1.54) is 3.39 Å². The van der Waals surface area contributed by atoms with E-state index in [0.29, 0.717) is 0 Å². The van der Waals surface area contributed by atoms with E-state index in [4.69, 9.17) is 5.84 Å². The molecule has 0 saturated carbocycles. The number of hydroxylamine groups is 1. The van der Waals surface area contributed by atoms with Crippen LogP contribution in [-0.4, -0.2) is 15.3 Å². The van der Waals surface area contributed by atoms with Crippen LogP contribution in [0.25, 0.3) is 5.84 Å². The smallest absolute Gasteiger partial charge is 0.131 e. The minimum Gasteiger partial charge on any atom is -0.406 e. The summed E-state index contributed by atoms with van der Waals surface area (Å²) in [7, 11) is 1.62. The summed E-state index contributed by atoms with van der Waals surface area (Å²) in [5, 5.41) is 0. The minimum atomic E-state index is -0.194. The van der Waals surface area contributed by atoms with Gasteiger partial charge in [-0.05, 0) is 4.94 Å². The fourth-order valence-corrected chi connectivity index (χ4v) is 0.458. The number of nitrogens with zero attached hydrogens (tertiary/aromatic N) is 2. The Morgan fingerprint density at radius 1 is 2.00 bits per heavy atom. The quantitative estimate of drug-likeness (QED) is 0.252. The molecule has 5 heteroatoms. The van der Waals surface area contributed by atoms with E-state index < -0.39 is 0 Å². The van der Waals surface area contributed by atoms with Crippen LogP contribution in [0.5, 0.6) is 0 Å². The second-order valence-electron chi connectivity index (χ2n) is 1.19. The van der Waals surface area contributed by atoms with E-state index in [2.05, 4.69) is 4.94 Å². The van der Waals surface area contributed by atoms with Crippen LogP contribution >= 0.6 is 22.9 Å². The van der Waals surface area contributed by atoms with Crippen molar-refractivity contribution in [2.75, 3.05) is 7.05 Å². The Hall–Kier alpha value is 0.570. The SMILES string of the molecule is C[N+]1([NH-])ON1I. The molecule has 1 N–H and O–H groups in total. The lowest BCUT2D eigenvalue weighted by molar-refractivity contribution is -0.874. The van der Waals surface area contributed by atoms with Gasteiger partial charge in [-0.25, -0.2) is 0 Å². The third-order valence-corrected chi connectivity index (χ3v) is 1.50. The molecule has 0 aliphatic carbocycles. The van der Waals surface area contributed by atoms with Gasteiger partial charge in [0.2, 0.25) is 0 Å². The van der Waals surface area contributed by atoms with E-state index in [0.717, 1.165) is 0 Å². The molecule has 6 heavy (non-hydrogen) atoms. The van der Waals surface area contributed by atoms with Crippen LogP contribution < -0.4 is 0 Å². The standard InChI is InChI=1S/CH4IN3O/c1-5(3)4(2)6-5/h3H,1H3. The summed E-state index contributed by atoms with van der Waals surface area (Å²) in [6.45, 7) is 0. The van der Waals surface area contributed by atoms with Crippen LogP contribution in [0.4, 0.5) is 0 Å². The van der Waals surface area contributed by atoms with Crippen molar-refractivity contribution >= 4 is 22.9 Å². The molecule has 4 nitrogen and oxygen atoms in total. The summed E-state index contributed by atoms with van der Waals surface area (Å²) in [6, 6.07) is 0. The lowest BCUT2D eigenvalue weighted by Crippen LogP contribution is -2.07. The highest BCUT2D eigenvalue weighted by molar-refractivity contribution is 14.1. The van der Waals surface area contributed by atoms with Gasteiger partial charge in [-0.15, -0.1) is 4.86 Å². The van der Waals surface area contributed by atoms with E-state index >= 15 is 0 Å². The summed E-state index contributed by atoms with van der Waals surface area (Å²) < 4.78 is 1.39. The Morgan fingerprint density at radius 3 is 2.17 bits per heavy atom. The van der Waals surface area contributed by atoms with Crippen molar-refractivity contribution in [3.8, 4) is 0 Å². The van der Waals surface area contributed by atoms with Crippen LogP contribution in [0.15, 0.2) is 0 Å². The van der Waals surface area contributed by atoms with Gasteiger partial charge in [0.15, 0.2) is 0 Å². The zero-order chi connectivity index (χ0) is 4.78.